The Kier molecular flexibility index (Phi) is 5.46. The third kappa shape index (κ3) is 4.64. The lowest BCUT2D eigenvalue weighted by Gasteiger charge is -2.21. The predicted molar refractivity (Wildman–Crippen MR) is 87.9 cm³/mol. The van der Waals surface area contributed by atoms with Gasteiger partial charge in [-0.3, -0.25) is 9.59 Å². The lowest BCUT2D eigenvalue weighted by atomic mass is 10.1. The molecule has 2 amide bonds. The molecule has 0 aromatic heterocycles. The molecule has 0 unspecified atom stereocenters. The normalized spacial score (nSPS) is 10.2. The lowest BCUT2D eigenvalue weighted by Crippen LogP contribution is -2.37. The van der Waals surface area contributed by atoms with Crippen LogP contribution in [0.4, 0.5) is 10.1 Å². The van der Waals surface area contributed by atoms with Crippen LogP contribution in [0.3, 0.4) is 0 Å². The number of carbonyl (C=O) groups is 2. The fraction of sp³-hybridized carbons (Fsp3) is 0.222. The quantitative estimate of drug-likeness (QED) is 0.922. The summed E-state index contributed by atoms with van der Waals surface area (Å²) in [4.78, 5) is 25.2. The number of nitrogens with one attached hydrogen (secondary N) is 1. The van der Waals surface area contributed by atoms with Crippen molar-refractivity contribution in [1.82, 2.24) is 5.32 Å². The van der Waals surface area contributed by atoms with Crippen molar-refractivity contribution in [2.75, 3.05) is 18.0 Å². The van der Waals surface area contributed by atoms with Gasteiger partial charge in [-0.05, 0) is 37.3 Å². The van der Waals surface area contributed by atoms with Crippen molar-refractivity contribution < 1.29 is 14.0 Å². The van der Waals surface area contributed by atoms with E-state index >= 15 is 0 Å². The van der Waals surface area contributed by atoms with Crippen molar-refractivity contribution in [2.45, 2.75) is 13.8 Å². The minimum Gasteiger partial charge on any atom is -0.350 e. The third-order valence-corrected chi connectivity index (χ3v) is 3.43. The van der Waals surface area contributed by atoms with Gasteiger partial charge in [0, 0.05) is 31.3 Å². The number of aryl methyl sites for hydroxylation is 1. The van der Waals surface area contributed by atoms with Crippen molar-refractivity contribution in [3.05, 3.63) is 65.5 Å². The number of anilines is 1. The van der Waals surface area contributed by atoms with E-state index in [4.69, 9.17) is 0 Å². The number of rotatable bonds is 5. The summed E-state index contributed by atoms with van der Waals surface area (Å²) < 4.78 is 13.3. The minimum atomic E-state index is -0.405. The van der Waals surface area contributed by atoms with Crippen LogP contribution in [-0.2, 0) is 4.79 Å². The predicted octanol–water partition coefficient (Wildman–Crippen LogP) is 2.92. The average Bonchev–Trinajstić information content (AvgIpc) is 2.51. The molecular formula is C18H19FN2O2. The maximum absolute atomic E-state index is 13.3. The molecule has 5 heteroatoms. The van der Waals surface area contributed by atoms with Crippen LogP contribution in [0.1, 0.15) is 22.8 Å². The molecule has 120 valence electrons. The molecular weight excluding hydrogens is 295 g/mol. The monoisotopic (exact) mass is 314 g/mol. The van der Waals surface area contributed by atoms with E-state index in [9.17, 15) is 14.0 Å². The molecule has 1 N–H and O–H groups in total. The number of halogens is 1. The summed E-state index contributed by atoms with van der Waals surface area (Å²) in [5.74, 6) is -0.814. The summed E-state index contributed by atoms with van der Waals surface area (Å²) in [5, 5.41) is 2.76. The first kappa shape index (κ1) is 16.7. The van der Waals surface area contributed by atoms with Gasteiger partial charge < -0.3 is 10.2 Å². The molecule has 0 spiro atoms. The summed E-state index contributed by atoms with van der Waals surface area (Å²) in [5.41, 5.74) is 2.12. The van der Waals surface area contributed by atoms with Crippen LogP contribution in [0.15, 0.2) is 48.5 Å². The zero-order valence-corrected chi connectivity index (χ0v) is 13.2. The average molecular weight is 314 g/mol. The zero-order chi connectivity index (χ0) is 16.8. The summed E-state index contributed by atoms with van der Waals surface area (Å²) in [6.45, 7) is 3.91. The maximum Gasteiger partial charge on any atom is 0.251 e. The first-order chi connectivity index (χ1) is 11.0. The van der Waals surface area contributed by atoms with Crippen molar-refractivity contribution in [3.8, 4) is 0 Å². The molecule has 4 nitrogen and oxygen atoms in total. The Morgan fingerprint density at radius 3 is 2.43 bits per heavy atom. The highest BCUT2D eigenvalue weighted by molar-refractivity contribution is 5.94. The van der Waals surface area contributed by atoms with Crippen LogP contribution in [0.25, 0.3) is 0 Å². The summed E-state index contributed by atoms with van der Waals surface area (Å²) in [6.07, 6.45) is 0. The Bertz CT molecular complexity index is 698. The number of carbonyl (C=O) groups excluding carboxylic acids is 2. The van der Waals surface area contributed by atoms with Crippen LogP contribution in [-0.4, -0.2) is 24.9 Å². The Morgan fingerprint density at radius 2 is 1.83 bits per heavy atom. The van der Waals surface area contributed by atoms with E-state index in [1.54, 1.807) is 24.3 Å². The lowest BCUT2D eigenvalue weighted by molar-refractivity contribution is -0.116. The largest absolute Gasteiger partial charge is 0.350 e. The van der Waals surface area contributed by atoms with Gasteiger partial charge in [0.1, 0.15) is 5.82 Å². The SMILES string of the molecule is CC(=O)N(CCNC(=O)c1ccc(C)cc1)c1cccc(F)c1. The van der Waals surface area contributed by atoms with Gasteiger partial charge in [-0.15, -0.1) is 0 Å². The van der Waals surface area contributed by atoms with E-state index in [-0.39, 0.29) is 24.9 Å². The fourth-order valence-corrected chi connectivity index (χ4v) is 2.20. The van der Waals surface area contributed by atoms with Crippen LogP contribution >= 0.6 is 0 Å². The van der Waals surface area contributed by atoms with Crippen molar-refractivity contribution in [2.24, 2.45) is 0 Å². The molecule has 2 aromatic rings. The molecule has 0 aliphatic rings. The van der Waals surface area contributed by atoms with E-state index < -0.39 is 5.82 Å². The Hall–Kier alpha value is -2.69. The van der Waals surface area contributed by atoms with E-state index in [2.05, 4.69) is 5.32 Å². The molecule has 0 aliphatic carbocycles. The summed E-state index contributed by atoms with van der Waals surface area (Å²) in [7, 11) is 0. The molecule has 0 bridgehead atoms. The molecule has 0 saturated carbocycles. The summed E-state index contributed by atoms with van der Waals surface area (Å²) >= 11 is 0. The van der Waals surface area contributed by atoms with Crippen molar-refractivity contribution in [3.63, 3.8) is 0 Å². The standard InChI is InChI=1S/C18H19FN2O2/c1-13-6-8-15(9-7-13)18(23)20-10-11-21(14(2)22)17-5-3-4-16(19)12-17/h3-9,12H,10-11H2,1-2H3,(H,20,23). The third-order valence-electron chi connectivity index (χ3n) is 3.43. The summed E-state index contributed by atoms with van der Waals surface area (Å²) in [6, 6.07) is 13.1. The van der Waals surface area contributed by atoms with Gasteiger partial charge in [-0.25, -0.2) is 4.39 Å². The highest BCUT2D eigenvalue weighted by Gasteiger charge is 2.12. The zero-order valence-electron chi connectivity index (χ0n) is 13.2. The molecule has 0 radical (unpaired) electrons. The van der Waals surface area contributed by atoms with E-state index in [0.717, 1.165) is 5.56 Å². The van der Waals surface area contributed by atoms with E-state index in [1.165, 1.54) is 24.0 Å². The number of nitrogens with zero attached hydrogens (tertiary/aromatic N) is 1. The van der Waals surface area contributed by atoms with Gasteiger partial charge >= 0.3 is 0 Å². The van der Waals surface area contributed by atoms with Gasteiger partial charge in [0.05, 0.1) is 0 Å². The number of benzene rings is 2. The van der Waals surface area contributed by atoms with Crippen LogP contribution in [0, 0.1) is 12.7 Å². The number of hydrogen-bond donors (Lipinski definition) is 1. The van der Waals surface area contributed by atoms with Gasteiger partial charge in [-0.1, -0.05) is 23.8 Å². The molecule has 2 rings (SSSR count). The number of hydrogen-bond acceptors (Lipinski definition) is 2. The molecule has 0 fully saturated rings. The van der Waals surface area contributed by atoms with Crippen LogP contribution < -0.4 is 10.2 Å². The highest BCUT2D eigenvalue weighted by Crippen LogP contribution is 2.15. The first-order valence-corrected chi connectivity index (χ1v) is 7.36. The van der Waals surface area contributed by atoms with Crippen LogP contribution in [0.5, 0.6) is 0 Å². The fourth-order valence-electron chi connectivity index (χ4n) is 2.20. The molecule has 2 aromatic carbocycles. The molecule has 0 heterocycles. The Labute approximate surface area is 134 Å². The second-order valence-corrected chi connectivity index (χ2v) is 5.27. The van der Waals surface area contributed by atoms with Crippen molar-refractivity contribution >= 4 is 17.5 Å². The number of amides is 2. The first-order valence-electron chi connectivity index (χ1n) is 7.36. The van der Waals surface area contributed by atoms with Crippen LogP contribution in [0.2, 0.25) is 0 Å². The molecule has 0 saturated heterocycles. The van der Waals surface area contributed by atoms with Gasteiger partial charge in [-0.2, -0.15) is 0 Å². The second-order valence-electron chi connectivity index (χ2n) is 5.27. The Balaban J connectivity index is 1.96. The smallest absolute Gasteiger partial charge is 0.251 e. The maximum atomic E-state index is 13.3. The van der Waals surface area contributed by atoms with Gasteiger partial charge in [0.25, 0.3) is 5.91 Å². The minimum absolute atomic E-state index is 0.201. The topological polar surface area (TPSA) is 49.4 Å². The second kappa shape index (κ2) is 7.54. The van der Waals surface area contributed by atoms with Gasteiger partial charge in [0.15, 0.2) is 0 Å². The highest BCUT2D eigenvalue weighted by atomic mass is 19.1. The van der Waals surface area contributed by atoms with E-state index in [1.807, 2.05) is 19.1 Å². The molecule has 0 atom stereocenters. The molecule has 0 aliphatic heterocycles. The Morgan fingerprint density at radius 1 is 1.13 bits per heavy atom. The molecule has 23 heavy (non-hydrogen) atoms. The van der Waals surface area contributed by atoms with E-state index in [0.29, 0.717) is 11.3 Å². The van der Waals surface area contributed by atoms with Crippen molar-refractivity contribution in [1.29, 1.82) is 0 Å². The van der Waals surface area contributed by atoms with Gasteiger partial charge in [0.2, 0.25) is 5.91 Å².